The number of aryl methyl sites for hydroxylation is 2. The SMILES string of the molecule is Cc1nccn1CCCNC(=O)N(Cc1ccsc1)CC(C)C. The quantitative estimate of drug-likeness (QED) is 0.751. The van der Waals surface area contributed by atoms with Crippen LogP contribution in [-0.2, 0) is 13.1 Å². The van der Waals surface area contributed by atoms with Gasteiger partial charge in [0, 0.05) is 38.6 Å². The average molecular weight is 334 g/mol. The second kappa shape index (κ2) is 8.72. The summed E-state index contributed by atoms with van der Waals surface area (Å²) in [4.78, 5) is 18.5. The van der Waals surface area contributed by atoms with Crippen LogP contribution in [0.3, 0.4) is 0 Å². The van der Waals surface area contributed by atoms with Gasteiger partial charge in [0.05, 0.1) is 0 Å². The first kappa shape index (κ1) is 17.5. The molecule has 0 aliphatic heterocycles. The zero-order valence-corrected chi connectivity index (χ0v) is 15.0. The summed E-state index contributed by atoms with van der Waals surface area (Å²) >= 11 is 1.67. The van der Waals surface area contributed by atoms with Crippen LogP contribution in [0.1, 0.15) is 31.7 Å². The maximum Gasteiger partial charge on any atom is 0.317 e. The Hall–Kier alpha value is -1.82. The zero-order chi connectivity index (χ0) is 16.7. The van der Waals surface area contributed by atoms with Gasteiger partial charge in [-0.1, -0.05) is 13.8 Å². The number of nitrogens with one attached hydrogen (secondary N) is 1. The monoisotopic (exact) mass is 334 g/mol. The number of urea groups is 1. The van der Waals surface area contributed by atoms with Gasteiger partial charge in [-0.25, -0.2) is 9.78 Å². The van der Waals surface area contributed by atoms with Gasteiger partial charge in [-0.2, -0.15) is 11.3 Å². The molecule has 2 heterocycles. The number of hydrogen-bond donors (Lipinski definition) is 1. The van der Waals surface area contributed by atoms with E-state index in [4.69, 9.17) is 0 Å². The lowest BCUT2D eigenvalue weighted by Crippen LogP contribution is -2.41. The smallest absolute Gasteiger partial charge is 0.317 e. The maximum absolute atomic E-state index is 12.4. The summed E-state index contributed by atoms with van der Waals surface area (Å²) in [6.45, 7) is 9.25. The molecule has 6 heteroatoms. The summed E-state index contributed by atoms with van der Waals surface area (Å²) in [5, 5.41) is 7.19. The second-order valence-electron chi connectivity index (χ2n) is 6.16. The Morgan fingerprint density at radius 1 is 1.48 bits per heavy atom. The summed E-state index contributed by atoms with van der Waals surface area (Å²) in [5.74, 6) is 1.46. The van der Waals surface area contributed by atoms with Crippen LogP contribution in [-0.4, -0.2) is 33.6 Å². The maximum atomic E-state index is 12.4. The van der Waals surface area contributed by atoms with Crippen molar-refractivity contribution in [1.29, 1.82) is 0 Å². The highest BCUT2D eigenvalue weighted by atomic mass is 32.1. The van der Waals surface area contributed by atoms with Gasteiger partial charge in [0.25, 0.3) is 0 Å². The summed E-state index contributed by atoms with van der Waals surface area (Å²) in [6, 6.07) is 2.10. The van der Waals surface area contributed by atoms with Gasteiger partial charge in [-0.05, 0) is 41.7 Å². The molecule has 0 spiro atoms. The van der Waals surface area contributed by atoms with Crippen LogP contribution in [0.2, 0.25) is 0 Å². The molecule has 1 N–H and O–H groups in total. The minimum atomic E-state index is 0.0206. The fourth-order valence-electron chi connectivity index (χ4n) is 2.46. The Bertz CT molecular complexity index is 592. The van der Waals surface area contributed by atoms with E-state index >= 15 is 0 Å². The fraction of sp³-hybridized carbons (Fsp3) is 0.529. The molecule has 0 aliphatic carbocycles. The predicted octanol–water partition coefficient (Wildman–Crippen LogP) is 3.51. The van der Waals surface area contributed by atoms with Gasteiger partial charge in [-0.3, -0.25) is 0 Å². The van der Waals surface area contributed by atoms with Gasteiger partial charge >= 0.3 is 6.03 Å². The molecule has 2 amide bonds. The van der Waals surface area contributed by atoms with Crippen LogP contribution < -0.4 is 5.32 Å². The van der Waals surface area contributed by atoms with Crippen molar-refractivity contribution in [2.24, 2.45) is 5.92 Å². The number of nitrogens with zero attached hydrogens (tertiary/aromatic N) is 3. The Labute approximate surface area is 142 Å². The molecular weight excluding hydrogens is 308 g/mol. The van der Waals surface area contributed by atoms with Crippen LogP contribution in [0.25, 0.3) is 0 Å². The lowest BCUT2D eigenvalue weighted by atomic mass is 10.2. The molecule has 0 aliphatic rings. The van der Waals surface area contributed by atoms with E-state index in [1.807, 2.05) is 23.4 Å². The minimum absolute atomic E-state index is 0.0206. The minimum Gasteiger partial charge on any atom is -0.338 e. The molecule has 2 rings (SSSR count). The molecule has 0 fully saturated rings. The topological polar surface area (TPSA) is 50.2 Å². The number of thiophene rings is 1. The predicted molar refractivity (Wildman–Crippen MR) is 94.5 cm³/mol. The van der Waals surface area contributed by atoms with Crippen molar-refractivity contribution in [1.82, 2.24) is 19.8 Å². The molecule has 2 aromatic rings. The van der Waals surface area contributed by atoms with Crippen molar-refractivity contribution in [2.45, 2.75) is 40.3 Å². The standard InChI is InChI=1S/C17H26N4OS/c1-14(2)11-21(12-16-5-10-23-13-16)17(22)19-6-4-8-20-9-7-18-15(20)3/h5,7,9-10,13-14H,4,6,8,11-12H2,1-3H3,(H,19,22). The normalized spacial score (nSPS) is 11.0. The average Bonchev–Trinajstić information content (AvgIpc) is 3.14. The Kier molecular flexibility index (Phi) is 6.65. The van der Waals surface area contributed by atoms with Crippen molar-refractivity contribution in [2.75, 3.05) is 13.1 Å². The summed E-state index contributed by atoms with van der Waals surface area (Å²) in [6.07, 6.45) is 4.68. The number of amides is 2. The van der Waals surface area contributed by atoms with Gasteiger partial charge in [0.1, 0.15) is 5.82 Å². The summed E-state index contributed by atoms with van der Waals surface area (Å²) < 4.78 is 2.10. The molecule has 5 nitrogen and oxygen atoms in total. The number of carbonyl (C=O) groups excluding carboxylic acids is 1. The zero-order valence-electron chi connectivity index (χ0n) is 14.2. The van der Waals surface area contributed by atoms with E-state index in [0.29, 0.717) is 19.0 Å². The molecule has 23 heavy (non-hydrogen) atoms. The Balaban J connectivity index is 1.79. The van der Waals surface area contributed by atoms with Gasteiger partial charge in [0.2, 0.25) is 0 Å². The summed E-state index contributed by atoms with van der Waals surface area (Å²) in [7, 11) is 0. The largest absolute Gasteiger partial charge is 0.338 e. The molecule has 0 bridgehead atoms. The number of imidazole rings is 1. The molecule has 0 saturated heterocycles. The second-order valence-corrected chi connectivity index (χ2v) is 6.94. The molecule has 0 unspecified atom stereocenters. The molecular formula is C17H26N4OS. The molecule has 0 saturated carbocycles. The molecule has 2 aromatic heterocycles. The van der Waals surface area contributed by atoms with Crippen molar-refractivity contribution in [3.05, 3.63) is 40.6 Å². The lowest BCUT2D eigenvalue weighted by Gasteiger charge is -2.24. The highest BCUT2D eigenvalue weighted by Crippen LogP contribution is 2.11. The number of carbonyl (C=O) groups is 1. The first-order valence-electron chi connectivity index (χ1n) is 8.08. The van der Waals surface area contributed by atoms with E-state index in [1.54, 1.807) is 17.5 Å². The van der Waals surface area contributed by atoms with E-state index in [9.17, 15) is 4.79 Å². The van der Waals surface area contributed by atoms with E-state index in [1.165, 1.54) is 5.56 Å². The first-order valence-corrected chi connectivity index (χ1v) is 9.02. The van der Waals surface area contributed by atoms with Gasteiger partial charge in [0.15, 0.2) is 0 Å². The third-order valence-electron chi connectivity index (χ3n) is 3.60. The molecule has 0 aromatic carbocycles. The Morgan fingerprint density at radius 2 is 2.30 bits per heavy atom. The lowest BCUT2D eigenvalue weighted by molar-refractivity contribution is 0.187. The van der Waals surface area contributed by atoms with E-state index in [-0.39, 0.29) is 6.03 Å². The van der Waals surface area contributed by atoms with Crippen molar-refractivity contribution >= 4 is 17.4 Å². The van der Waals surface area contributed by atoms with Crippen LogP contribution in [0.5, 0.6) is 0 Å². The number of aromatic nitrogens is 2. The number of hydrogen-bond acceptors (Lipinski definition) is 3. The van der Waals surface area contributed by atoms with Crippen molar-refractivity contribution in [3.63, 3.8) is 0 Å². The third kappa shape index (κ3) is 5.71. The van der Waals surface area contributed by atoms with Crippen molar-refractivity contribution in [3.8, 4) is 0 Å². The first-order chi connectivity index (χ1) is 11.1. The Morgan fingerprint density at radius 3 is 2.91 bits per heavy atom. The molecule has 0 radical (unpaired) electrons. The van der Waals surface area contributed by atoms with E-state index < -0.39 is 0 Å². The van der Waals surface area contributed by atoms with Gasteiger partial charge < -0.3 is 14.8 Å². The van der Waals surface area contributed by atoms with Crippen LogP contribution in [0, 0.1) is 12.8 Å². The number of rotatable bonds is 8. The van der Waals surface area contributed by atoms with E-state index in [0.717, 1.165) is 25.3 Å². The van der Waals surface area contributed by atoms with Crippen LogP contribution >= 0.6 is 11.3 Å². The molecule has 126 valence electrons. The molecule has 0 atom stereocenters. The van der Waals surface area contributed by atoms with Crippen LogP contribution in [0.15, 0.2) is 29.2 Å². The third-order valence-corrected chi connectivity index (χ3v) is 4.33. The van der Waals surface area contributed by atoms with Crippen molar-refractivity contribution < 1.29 is 4.79 Å². The highest BCUT2D eigenvalue weighted by Gasteiger charge is 2.15. The highest BCUT2D eigenvalue weighted by molar-refractivity contribution is 7.07. The van der Waals surface area contributed by atoms with Crippen LogP contribution in [0.4, 0.5) is 4.79 Å². The van der Waals surface area contributed by atoms with E-state index in [2.05, 4.69) is 40.2 Å². The fourth-order valence-corrected chi connectivity index (χ4v) is 3.12. The van der Waals surface area contributed by atoms with Gasteiger partial charge in [-0.15, -0.1) is 0 Å². The summed E-state index contributed by atoms with van der Waals surface area (Å²) in [5.41, 5.74) is 1.19.